The number of ether oxygens (including phenoxy) is 1. The highest BCUT2D eigenvalue weighted by Gasteiger charge is 2.23. The molecule has 1 aromatic heterocycles. The highest BCUT2D eigenvalue weighted by molar-refractivity contribution is 5.97. The van der Waals surface area contributed by atoms with E-state index in [0.29, 0.717) is 28.4 Å². The van der Waals surface area contributed by atoms with Crippen molar-refractivity contribution in [2.45, 2.75) is 19.4 Å². The van der Waals surface area contributed by atoms with E-state index in [1.165, 1.54) is 0 Å². The standard InChI is InChI=1S/C26H22N2O4/c29-24(27-15-7-9-18-8-1-4-12-21(18)27)17-32-25(30)16-28-22-13-5-2-10-19(22)26(31)20-11-3-6-14-23(20)28/h1-6,8,10-14H,7,9,15-17H2. The van der Waals surface area contributed by atoms with Crippen LogP contribution in [0.1, 0.15) is 12.0 Å². The van der Waals surface area contributed by atoms with Crippen molar-refractivity contribution in [3.05, 3.63) is 88.6 Å². The lowest BCUT2D eigenvalue weighted by molar-refractivity contribution is -0.148. The molecule has 1 aliphatic rings. The van der Waals surface area contributed by atoms with Crippen LogP contribution in [-0.2, 0) is 27.3 Å². The first-order valence-corrected chi connectivity index (χ1v) is 10.7. The zero-order valence-electron chi connectivity index (χ0n) is 17.5. The van der Waals surface area contributed by atoms with Gasteiger partial charge in [-0.15, -0.1) is 0 Å². The lowest BCUT2D eigenvalue weighted by atomic mass is 10.0. The molecule has 0 atom stereocenters. The van der Waals surface area contributed by atoms with Gasteiger partial charge in [0.1, 0.15) is 6.54 Å². The molecule has 0 bridgehead atoms. The third-order valence-electron chi connectivity index (χ3n) is 5.93. The molecule has 1 aliphatic heterocycles. The van der Waals surface area contributed by atoms with E-state index in [4.69, 9.17) is 4.74 Å². The van der Waals surface area contributed by atoms with E-state index in [2.05, 4.69) is 0 Å². The Labute approximate surface area is 184 Å². The molecule has 2 heterocycles. The molecule has 6 heteroatoms. The van der Waals surface area contributed by atoms with Crippen LogP contribution in [-0.4, -0.2) is 29.6 Å². The fourth-order valence-corrected chi connectivity index (χ4v) is 4.43. The highest BCUT2D eigenvalue weighted by atomic mass is 16.5. The van der Waals surface area contributed by atoms with Crippen molar-refractivity contribution in [1.82, 2.24) is 4.57 Å². The number of carbonyl (C=O) groups is 2. The molecule has 160 valence electrons. The Morgan fingerprint density at radius 2 is 1.47 bits per heavy atom. The van der Waals surface area contributed by atoms with Gasteiger partial charge >= 0.3 is 5.97 Å². The van der Waals surface area contributed by atoms with Gasteiger partial charge in [0, 0.05) is 23.0 Å². The lowest BCUT2D eigenvalue weighted by Gasteiger charge is -2.29. The normalized spacial score (nSPS) is 13.2. The smallest absolute Gasteiger partial charge is 0.326 e. The van der Waals surface area contributed by atoms with Gasteiger partial charge in [-0.05, 0) is 48.7 Å². The van der Waals surface area contributed by atoms with Gasteiger partial charge in [0.15, 0.2) is 12.0 Å². The quantitative estimate of drug-likeness (QED) is 0.369. The lowest BCUT2D eigenvalue weighted by Crippen LogP contribution is -2.38. The van der Waals surface area contributed by atoms with Gasteiger partial charge in [-0.3, -0.25) is 14.4 Å². The minimum atomic E-state index is -0.525. The molecule has 0 saturated heterocycles. The summed E-state index contributed by atoms with van der Waals surface area (Å²) >= 11 is 0. The Hall–Kier alpha value is -3.93. The fraction of sp³-hybridized carbons (Fsp3) is 0.192. The number of hydrogen-bond acceptors (Lipinski definition) is 4. The van der Waals surface area contributed by atoms with Crippen LogP contribution in [0, 0.1) is 0 Å². The summed E-state index contributed by atoms with van der Waals surface area (Å²) in [5.74, 6) is -0.761. The first-order chi connectivity index (χ1) is 15.6. The maximum absolute atomic E-state index is 12.8. The van der Waals surface area contributed by atoms with Crippen LogP contribution in [0.15, 0.2) is 77.6 Å². The van der Waals surface area contributed by atoms with Gasteiger partial charge in [0.25, 0.3) is 5.91 Å². The number of benzene rings is 3. The van der Waals surface area contributed by atoms with Crippen LogP contribution in [0.2, 0.25) is 0 Å². The average Bonchev–Trinajstić information content (AvgIpc) is 2.84. The van der Waals surface area contributed by atoms with Crippen molar-refractivity contribution in [1.29, 1.82) is 0 Å². The number of aryl methyl sites for hydroxylation is 1. The molecule has 6 nitrogen and oxygen atoms in total. The minimum Gasteiger partial charge on any atom is -0.454 e. The van der Waals surface area contributed by atoms with Crippen molar-refractivity contribution in [2.75, 3.05) is 18.1 Å². The predicted octanol–water partition coefficient (Wildman–Crippen LogP) is 3.68. The summed E-state index contributed by atoms with van der Waals surface area (Å²) in [6, 6.07) is 22.2. The van der Waals surface area contributed by atoms with Crippen molar-refractivity contribution in [3.8, 4) is 0 Å². The summed E-state index contributed by atoms with van der Waals surface area (Å²) in [5.41, 5.74) is 3.26. The summed E-state index contributed by atoms with van der Waals surface area (Å²) in [6.45, 7) is 0.205. The maximum Gasteiger partial charge on any atom is 0.326 e. The number of pyridine rings is 1. The van der Waals surface area contributed by atoms with E-state index in [0.717, 1.165) is 24.1 Å². The van der Waals surface area contributed by atoms with Gasteiger partial charge < -0.3 is 14.2 Å². The van der Waals surface area contributed by atoms with Crippen LogP contribution < -0.4 is 10.3 Å². The van der Waals surface area contributed by atoms with Gasteiger partial charge in [-0.25, -0.2) is 0 Å². The molecular weight excluding hydrogens is 404 g/mol. The van der Waals surface area contributed by atoms with Crippen molar-refractivity contribution in [2.24, 2.45) is 0 Å². The minimum absolute atomic E-state index is 0.0697. The SMILES string of the molecule is O=C(Cn1c2ccccc2c(=O)c2ccccc21)OCC(=O)N1CCCc2ccccc21. The molecule has 4 aromatic rings. The molecule has 5 rings (SSSR count). The molecule has 1 amide bonds. The van der Waals surface area contributed by atoms with E-state index >= 15 is 0 Å². The van der Waals surface area contributed by atoms with Crippen LogP contribution in [0.3, 0.4) is 0 Å². The summed E-state index contributed by atoms with van der Waals surface area (Å²) in [4.78, 5) is 40.0. The summed E-state index contributed by atoms with van der Waals surface area (Å²) in [5, 5.41) is 1.08. The molecule has 0 radical (unpaired) electrons. The van der Waals surface area contributed by atoms with Gasteiger partial charge in [-0.1, -0.05) is 42.5 Å². The summed E-state index contributed by atoms with van der Waals surface area (Å²) in [7, 11) is 0. The number of amides is 1. The number of aromatic nitrogens is 1. The van der Waals surface area contributed by atoms with E-state index in [1.54, 1.807) is 33.7 Å². The Morgan fingerprint density at radius 3 is 2.19 bits per heavy atom. The number of para-hydroxylation sites is 3. The largest absolute Gasteiger partial charge is 0.454 e. The number of anilines is 1. The number of nitrogens with zero attached hydrogens (tertiary/aromatic N) is 2. The van der Waals surface area contributed by atoms with E-state index in [1.807, 2.05) is 48.5 Å². The molecule has 3 aromatic carbocycles. The second-order valence-electron chi connectivity index (χ2n) is 7.89. The molecule has 0 fully saturated rings. The van der Waals surface area contributed by atoms with Crippen molar-refractivity contribution >= 4 is 39.4 Å². The predicted molar refractivity (Wildman–Crippen MR) is 124 cm³/mol. The summed E-state index contributed by atoms with van der Waals surface area (Å²) in [6.07, 6.45) is 1.82. The van der Waals surface area contributed by atoms with Gasteiger partial charge in [-0.2, -0.15) is 0 Å². The zero-order chi connectivity index (χ0) is 22.1. The monoisotopic (exact) mass is 426 g/mol. The number of fused-ring (bicyclic) bond motifs is 3. The van der Waals surface area contributed by atoms with Crippen LogP contribution in [0.5, 0.6) is 0 Å². The Bertz CT molecular complexity index is 1350. The van der Waals surface area contributed by atoms with E-state index < -0.39 is 5.97 Å². The maximum atomic E-state index is 12.8. The molecule has 0 aliphatic carbocycles. The molecule has 0 unspecified atom stereocenters. The molecule has 0 saturated carbocycles. The number of esters is 1. The molecular formula is C26H22N2O4. The van der Waals surface area contributed by atoms with E-state index in [9.17, 15) is 14.4 Å². The Balaban J connectivity index is 1.38. The van der Waals surface area contributed by atoms with Crippen LogP contribution in [0.25, 0.3) is 21.8 Å². The van der Waals surface area contributed by atoms with Gasteiger partial charge in [0.2, 0.25) is 0 Å². The third kappa shape index (κ3) is 3.54. The summed E-state index contributed by atoms with van der Waals surface area (Å²) < 4.78 is 7.15. The van der Waals surface area contributed by atoms with Crippen molar-refractivity contribution < 1.29 is 14.3 Å². The van der Waals surface area contributed by atoms with E-state index in [-0.39, 0.29) is 24.5 Å². The second kappa shape index (κ2) is 8.30. The second-order valence-corrected chi connectivity index (χ2v) is 7.89. The number of hydrogen-bond donors (Lipinski definition) is 0. The number of carbonyl (C=O) groups excluding carboxylic acids is 2. The van der Waals surface area contributed by atoms with Crippen molar-refractivity contribution in [3.63, 3.8) is 0 Å². The van der Waals surface area contributed by atoms with Crippen LogP contribution in [0.4, 0.5) is 5.69 Å². The Morgan fingerprint density at radius 1 is 0.844 bits per heavy atom. The molecule has 0 N–H and O–H groups in total. The third-order valence-corrected chi connectivity index (χ3v) is 5.93. The first kappa shape index (κ1) is 20.0. The first-order valence-electron chi connectivity index (χ1n) is 10.7. The van der Waals surface area contributed by atoms with Gasteiger partial charge in [0.05, 0.1) is 11.0 Å². The molecule has 32 heavy (non-hydrogen) atoms. The number of rotatable bonds is 4. The van der Waals surface area contributed by atoms with Crippen LogP contribution >= 0.6 is 0 Å². The Kier molecular flexibility index (Phi) is 5.19. The topological polar surface area (TPSA) is 68.6 Å². The zero-order valence-corrected chi connectivity index (χ0v) is 17.5. The highest BCUT2D eigenvalue weighted by Crippen LogP contribution is 2.26. The average molecular weight is 426 g/mol. The molecule has 0 spiro atoms. The fourth-order valence-electron chi connectivity index (χ4n) is 4.43.